The molecule has 2 heterocycles. The Hall–Kier alpha value is -2.46. The van der Waals surface area contributed by atoms with Gasteiger partial charge >= 0.3 is 5.97 Å². The standard InChI is InChI=1S/C18H21N3O5S2/c1-26-17(23)13-6-5-9-21(11-13)16(22)10-14-12-27-18(19-14)20-28(24,25)15-7-3-2-4-8-15/h2-4,7-8,12-13H,5-6,9-11H2,1H3,(H,19,20). The predicted octanol–water partition coefficient (Wildman–Crippen LogP) is 1.90. The Labute approximate surface area is 167 Å². The fourth-order valence-electron chi connectivity index (χ4n) is 3.04. The van der Waals surface area contributed by atoms with Crippen LogP contribution >= 0.6 is 11.3 Å². The van der Waals surface area contributed by atoms with Crippen molar-refractivity contribution in [2.45, 2.75) is 24.2 Å². The molecule has 0 saturated carbocycles. The van der Waals surface area contributed by atoms with Crippen molar-refractivity contribution in [1.29, 1.82) is 0 Å². The summed E-state index contributed by atoms with van der Waals surface area (Å²) in [5.74, 6) is -0.744. The van der Waals surface area contributed by atoms with E-state index in [2.05, 4.69) is 9.71 Å². The second-order valence-corrected chi connectivity index (χ2v) is 8.98. The Kier molecular flexibility index (Phi) is 6.30. The van der Waals surface area contributed by atoms with Gasteiger partial charge in [0.05, 0.1) is 30.0 Å². The van der Waals surface area contributed by atoms with Crippen LogP contribution in [0.4, 0.5) is 5.13 Å². The lowest BCUT2D eigenvalue weighted by atomic mass is 9.98. The van der Waals surface area contributed by atoms with E-state index in [-0.39, 0.29) is 34.2 Å². The molecular weight excluding hydrogens is 402 g/mol. The molecule has 0 spiro atoms. The molecule has 1 aliphatic heterocycles. The van der Waals surface area contributed by atoms with Crippen molar-refractivity contribution in [3.8, 4) is 0 Å². The summed E-state index contributed by atoms with van der Waals surface area (Å²) >= 11 is 1.12. The lowest BCUT2D eigenvalue weighted by Gasteiger charge is -2.31. The number of nitrogens with one attached hydrogen (secondary N) is 1. The van der Waals surface area contributed by atoms with Gasteiger partial charge in [0.2, 0.25) is 5.91 Å². The van der Waals surface area contributed by atoms with E-state index in [0.717, 1.165) is 17.8 Å². The Morgan fingerprint density at radius 2 is 2.07 bits per heavy atom. The van der Waals surface area contributed by atoms with Crippen LogP contribution in [-0.4, -0.2) is 50.4 Å². The number of benzene rings is 1. The smallest absolute Gasteiger partial charge is 0.310 e. The number of ether oxygens (including phenoxy) is 1. The van der Waals surface area contributed by atoms with Crippen LogP contribution in [0.3, 0.4) is 0 Å². The highest BCUT2D eigenvalue weighted by molar-refractivity contribution is 7.93. The Balaban J connectivity index is 1.61. The monoisotopic (exact) mass is 423 g/mol. The summed E-state index contributed by atoms with van der Waals surface area (Å²) in [5.41, 5.74) is 0.487. The number of carbonyl (C=O) groups excluding carboxylic acids is 2. The third-order valence-electron chi connectivity index (χ3n) is 4.47. The number of thiazole rings is 1. The SMILES string of the molecule is COC(=O)C1CCCN(C(=O)Cc2csc(NS(=O)(=O)c3ccccc3)n2)C1. The average Bonchev–Trinajstić information content (AvgIpc) is 3.14. The first-order valence-corrected chi connectivity index (χ1v) is 11.1. The summed E-state index contributed by atoms with van der Waals surface area (Å²) < 4.78 is 31.9. The largest absolute Gasteiger partial charge is 0.469 e. The maximum Gasteiger partial charge on any atom is 0.310 e. The normalized spacial score (nSPS) is 17.2. The van der Waals surface area contributed by atoms with Gasteiger partial charge in [0.1, 0.15) is 0 Å². The fourth-order valence-corrected chi connectivity index (χ4v) is 5.02. The first kappa shape index (κ1) is 20.3. The van der Waals surface area contributed by atoms with Gasteiger partial charge in [-0.2, -0.15) is 0 Å². The number of nitrogens with zero attached hydrogens (tertiary/aromatic N) is 2. The topological polar surface area (TPSA) is 106 Å². The van der Waals surface area contributed by atoms with Crippen LogP contribution in [-0.2, 0) is 30.8 Å². The Bertz CT molecular complexity index is 943. The van der Waals surface area contributed by atoms with E-state index < -0.39 is 10.0 Å². The van der Waals surface area contributed by atoms with E-state index in [4.69, 9.17) is 4.74 Å². The molecule has 1 saturated heterocycles. The van der Waals surface area contributed by atoms with Crippen molar-refractivity contribution in [3.05, 3.63) is 41.4 Å². The van der Waals surface area contributed by atoms with Gasteiger partial charge in [-0.3, -0.25) is 14.3 Å². The molecule has 2 aromatic rings. The van der Waals surface area contributed by atoms with Crippen LogP contribution < -0.4 is 4.72 Å². The fraction of sp³-hybridized carbons (Fsp3) is 0.389. The first-order chi connectivity index (χ1) is 13.4. The zero-order valence-corrected chi connectivity index (χ0v) is 17.0. The summed E-state index contributed by atoms with van der Waals surface area (Å²) in [6.45, 7) is 0.924. The molecule has 10 heteroatoms. The number of likely N-dealkylation sites (tertiary alicyclic amines) is 1. The minimum absolute atomic E-state index is 0.0530. The summed E-state index contributed by atoms with van der Waals surface area (Å²) in [4.78, 5) is 30.2. The maximum atomic E-state index is 12.5. The van der Waals surface area contributed by atoms with Gasteiger partial charge in [-0.15, -0.1) is 11.3 Å². The van der Waals surface area contributed by atoms with E-state index in [9.17, 15) is 18.0 Å². The minimum atomic E-state index is -3.72. The molecule has 1 aliphatic rings. The molecule has 0 radical (unpaired) electrons. The van der Waals surface area contributed by atoms with Gasteiger partial charge in [0, 0.05) is 18.5 Å². The quantitative estimate of drug-likeness (QED) is 0.712. The number of rotatable bonds is 6. The van der Waals surface area contributed by atoms with Crippen LogP contribution in [0.2, 0.25) is 0 Å². The van der Waals surface area contributed by atoms with Gasteiger partial charge in [-0.25, -0.2) is 13.4 Å². The number of carbonyl (C=O) groups is 2. The zero-order valence-electron chi connectivity index (χ0n) is 15.3. The number of aromatic nitrogens is 1. The number of piperidine rings is 1. The molecule has 28 heavy (non-hydrogen) atoms. The van der Waals surface area contributed by atoms with Gasteiger partial charge in [0.25, 0.3) is 10.0 Å². The summed E-state index contributed by atoms with van der Waals surface area (Å²) in [6, 6.07) is 8.00. The molecule has 0 aliphatic carbocycles. The van der Waals surface area contributed by atoms with E-state index >= 15 is 0 Å². The number of esters is 1. The van der Waals surface area contributed by atoms with Crippen molar-refractivity contribution in [1.82, 2.24) is 9.88 Å². The van der Waals surface area contributed by atoms with Crippen LogP contribution in [0.15, 0.2) is 40.6 Å². The summed E-state index contributed by atoms with van der Waals surface area (Å²) in [7, 11) is -2.37. The van der Waals surface area contributed by atoms with Crippen molar-refractivity contribution in [2.24, 2.45) is 5.92 Å². The first-order valence-electron chi connectivity index (χ1n) is 8.77. The van der Waals surface area contributed by atoms with Crippen molar-refractivity contribution in [2.75, 3.05) is 24.9 Å². The van der Waals surface area contributed by atoms with Crippen molar-refractivity contribution in [3.63, 3.8) is 0 Å². The van der Waals surface area contributed by atoms with E-state index in [1.807, 2.05) is 0 Å². The highest BCUT2D eigenvalue weighted by Crippen LogP contribution is 2.22. The Morgan fingerprint density at radius 1 is 1.32 bits per heavy atom. The molecule has 1 fully saturated rings. The summed E-state index contributed by atoms with van der Waals surface area (Å²) in [5, 5.41) is 1.86. The highest BCUT2D eigenvalue weighted by Gasteiger charge is 2.29. The maximum absolute atomic E-state index is 12.5. The Morgan fingerprint density at radius 3 is 2.79 bits per heavy atom. The molecule has 1 aromatic heterocycles. The molecule has 8 nitrogen and oxygen atoms in total. The third-order valence-corrected chi connectivity index (χ3v) is 6.76. The van der Waals surface area contributed by atoms with Crippen molar-refractivity contribution < 1.29 is 22.7 Å². The summed E-state index contributed by atoms with van der Waals surface area (Å²) in [6.07, 6.45) is 1.50. The molecule has 3 rings (SSSR count). The van der Waals surface area contributed by atoms with Gasteiger partial charge in [-0.05, 0) is 25.0 Å². The number of hydrogen-bond donors (Lipinski definition) is 1. The second kappa shape index (κ2) is 8.70. The number of amides is 1. The van der Waals surface area contributed by atoms with Gasteiger partial charge < -0.3 is 9.64 Å². The molecule has 1 N–H and O–H groups in total. The number of sulfonamides is 1. The molecular formula is C18H21N3O5S2. The number of anilines is 1. The number of hydrogen-bond acceptors (Lipinski definition) is 7. The van der Waals surface area contributed by atoms with E-state index in [1.165, 1.54) is 19.2 Å². The number of methoxy groups -OCH3 is 1. The highest BCUT2D eigenvalue weighted by atomic mass is 32.2. The molecule has 1 atom stereocenters. The molecule has 150 valence electrons. The lowest BCUT2D eigenvalue weighted by molar-refractivity contribution is -0.148. The van der Waals surface area contributed by atoms with Crippen LogP contribution in [0.5, 0.6) is 0 Å². The predicted molar refractivity (Wildman–Crippen MR) is 104 cm³/mol. The van der Waals surface area contributed by atoms with Gasteiger partial charge in [-0.1, -0.05) is 18.2 Å². The lowest BCUT2D eigenvalue weighted by Crippen LogP contribution is -2.43. The van der Waals surface area contributed by atoms with Crippen molar-refractivity contribution >= 4 is 38.4 Å². The minimum Gasteiger partial charge on any atom is -0.469 e. The molecule has 1 aromatic carbocycles. The molecule has 0 bridgehead atoms. The van der Waals surface area contributed by atoms with Crippen LogP contribution in [0.25, 0.3) is 0 Å². The van der Waals surface area contributed by atoms with Crippen LogP contribution in [0, 0.1) is 5.92 Å². The van der Waals surface area contributed by atoms with E-state index in [1.54, 1.807) is 28.5 Å². The zero-order chi connectivity index (χ0) is 20.1. The van der Waals surface area contributed by atoms with E-state index in [0.29, 0.717) is 25.2 Å². The third kappa shape index (κ3) is 4.87. The second-order valence-electron chi connectivity index (χ2n) is 6.44. The molecule has 1 unspecified atom stereocenters. The average molecular weight is 424 g/mol. The van der Waals surface area contributed by atoms with Crippen LogP contribution in [0.1, 0.15) is 18.5 Å². The molecule has 1 amide bonds. The van der Waals surface area contributed by atoms with Gasteiger partial charge in [0.15, 0.2) is 5.13 Å².